The van der Waals surface area contributed by atoms with E-state index in [2.05, 4.69) is 5.32 Å². The lowest BCUT2D eigenvalue weighted by Gasteiger charge is -2.11. The van der Waals surface area contributed by atoms with Crippen LogP contribution in [0.25, 0.3) is 0 Å². The Bertz CT molecular complexity index is 415. The van der Waals surface area contributed by atoms with Crippen molar-refractivity contribution in [2.75, 3.05) is 6.54 Å². The van der Waals surface area contributed by atoms with Gasteiger partial charge in [-0.15, -0.1) is 0 Å². The topological polar surface area (TPSA) is 69.6 Å². The number of aliphatic hydroxyl groups excluding tert-OH is 1. The van der Waals surface area contributed by atoms with Crippen LogP contribution in [-0.4, -0.2) is 35.2 Å². The molecule has 3 N–H and O–H groups in total. The molecule has 0 spiro atoms. The molecule has 7 heteroatoms. The number of phenols is 1. The first-order valence-corrected chi connectivity index (χ1v) is 5.02. The number of aliphatic hydroxyl groups is 1. The van der Waals surface area contributed by atoms with Gasteiger partial charge >= 0.3 is 0 Å². The van der Waals surface area contributed by atoms with Crippen LogP contribution in [0.2, 0.25) is 5.02 Å². The van der Waals surface area contributed by atoms with Crippen LogP contribution in [0.4, 0.5) is 8.78 Å². The standard InChI is InChI=1S/C10H10ClF2NO3/c11-7-2-1-5(15)3-6(7)10(17)14-4-8(16)9(12)13/h1-3,8-9,15-16H,4H2,(H,14,17). The van der Waals surface area contributed by atoms with E-state index in [0.717, 1.165) is 6.07 Å². The van der Waals surface area contributed by atoms with E-state index in [1.807, 2.05) is 0 Å². The Kier molecular flexibility index (Phi) is 4.65. The third-order valence-corrected chi connectivity index (χ3v) is 2.29. The number of benzene rings is 1. The van der Waals surface area contributed by atoms with Crippen molar-refractivity contribution >= 4 is 17.5 Å². The van der Waals surface area contributed by atoms with Gasteiger partial charge in [-0.3, -0.25) is 4.79 Å². The van der Waals surface area contributed by atoms with Crippen molar-refractivity contribution in [1.29, 1.82) is 0 Å². The van der Waals surface area contributed by atoms with Crippen molar-refractivity contribution in [1.82, 2.24) is 5.32 Å². The first-order chi connectivity index (χ1) is 7.91. The molecular formula is C10H10ClF2NO3. The molecule has 0 heterocycles. The number of hydrogen-bond acceptors (Lipinski definition) is 3. The predicted octanol–water partition coefficient (Wildman–Crippen LogP) is 1.40. The highest BCUT2D eigenvalue weighted by Crippen LogP contribution is 2.20. The molecule has 1 amide bonds. The van der Waals surface area contributed by atoms with Gasteiger partial charge in [-0.05, 0) is 18.2 Å². The molecule has 17 heavy (non-hydrogen) atoms. The molecule has 0 aromatic heterocycles. The zero-order valence-electron chi connectivity index (χ0n) is 8.53. The van der Waals surface area contributed by atoms with Gasteiger partial charge < -0.3 is 15.5 Å². The number of aromatic hydroxyl groups is 1. The van der Waals surface area contributed by atoms with Crippen LogP contribution in [0, 0.1) is 0 Å². The van der Waals surface area contributed by atoms with Gasteiger partial charge in [-0.25, -0.2) is 8.78 Å². The first-order valence-electron chi connectivity index (χ1n) is 4.64. The van der Waals surface area contributed by atoms with Crippen molar-refractivity contribution in [2.24, 2.45) is 0 Å². The summed E-state index contributed by atoms with van der Waals surface area (Å²) in [5.41, 5.74) is -0.0480. The van der Waals surface area contributed by atoms with Gasteiger partial charge in [0.2, 0.25) is 0 Å². The number of amides is 1. The minimum atomic E-state index is -2.94. The molecule has 1 unspecified atom stereocenters. The average Bonchev–Trinajstić information content (AvgIpc) is 2.28. The monoisotopic (exact) mass is 265 g/mol. The maximum absolute atomic E-state index is 12.0. The van der Waals surface area contributed by atoms with Gasteiger partial charge in [0.25, 0.3) is 12.3 Å². The van der Waals surface area contributed by atoms with Crippen LogP contribution < -0.4 is 5.32 Å². The molecule has 0 saturated heterocycles. The molecule has 0 saturated carbocycles. The Morgan fingerprint density at radius 1 is 1.47 bits per heavy atom. The largest absolute Gasteiger partial charge is 0.508 e. The highest BCUT2D eigenvalue weighted by atomic mass is 35.5. The molecule has 0 radical (unpaired) electrons. The Morgan fingerprint density at radius 2 is 2.12 bits per heavy atom. The third kappa shape index (κ3) is 3.83. The van der Waals surface area contributed by atoms with Crippen molar-refractivity contribution in [2.45, 2.75) is 12.5 Å². The highest BCUT2D eigenvalue weighted by Gasteiger charge is 2.18. The minimum Gasteiger partial charge on any atom is -0.508 e. The van der Waals surface area contributed by atoms with E-state index in [1.54, 1.807) is 0 Å². The maximum atomic E-state index is 12.0. The Morgan fingerprint density at radius 3 is 2.71 bits per heavy atom. The smallest absolute Gasteiger partial charge is 0.265 e. The van der Waals surface area contributed by atoms with Gasteiger partial charge in [-0.2, -0.15) is 0 Å². The second-order valence-corrected chi connectivity index (χ2v) is 3.68. The maximum Gasteiger partial charge on any atom is 0.265 e. The van der Waals surface area contributed by atoms with Gasteiger partial charge in [0, 0.05) is 6.54 Å². The van der Waals surface area contributed by atoms with E-state index in [0.29, 0.717) is 0 Å². The molecule has 1 aromatic rings. The molecular weight excluding hydrogens is 256 g/mol. The number of carbonyl (C=O) groups excluding carboxylic acids is 1. The van der Waals surface area contributed by atoms with Crippen LogP contribution in [0.15, 0.2) is 18.2 Å². The number of nitrogens with one attached hydrogen (secondary N) is 1. The SMILES string of the molecule is O=C(NCC(O)C(F)F)c1cc(O)ccc1Cl. The fraction of sp³-hybridized carbons (Fsp3) is 0.300. The van der Waals surface area contributed by atoms with Crippen LogP contribution in [0.1, 0.15) is 10.4 Å². The molecule has 0 fully saturated rings. The lowest BCUT2D eigenvalue weighted by atomic mass is 10.2. The van der Waals surface area contributed by atoms with Crippen molar-refractivity contribution in [3.05, 3.63) is 28.8 Å². The normalized spacial score (nSPS) is 12.5. The molecule has 1 aromatic carbocycles. The molecule has 0 aliphatic heterocycles. The number of carbonyl (C=O) groups is 1. The number of hydrogen-bond donors (Lipinski definition) is 3. The summed E-state index contributed by atoms with van der Waals surface area (Å²) in [5, 5.41) is 20.1. The lowest BCUT2D eigenvalue weighted by molar-refractivity contribution is -0.00270. The summed E-state index contributed by atoms with van der Waals surface area (Å²) in [6.45, 7) is -0.595. The van der Waals surface area contributed by atoms with E-state index in [-0.39, 0.29) is 16.3 Å². The van der Waals surface area contributed by atoms with Gasteiger partial charge in [0.1, 0.15) is 11.9 Å². The fourth-order valence-corrected chi connectivity index (χ4v) is 1.27. The molecule has 4 nitrogen and oxygen atoms in total. The van der Waals surface area contributed by atoms with E-state index >= 15 is 0 Å². The van der Waals surface area contributed by atoms with Gasteiger partial charge in [-0.1, -0.05) is 11.6 Å². The lowest BCUT2D eigenvalue weighted by Crippen LogP contribution is -2.35. The van der Waals surface area contributed by atoms with Crippen molar-refractivity contribution < 1.29 is 23.8 Å². The van der Waals surface area contributed by atoms with Crippen LogP contribution >= 0.6 is 11.6 Å². The summed E-state index contributed by atoms with van der Waals surface area (Å²) in [6.07, 6.45) is -4.87. The third-order valence-electron chi connectivity index (χ3n) is 1.96. The average molecular weight is 266 g/mol. The number of alkyl halides is 2. The van der Waals surface area contributed by atoms with Crippen LogP contribution in [-0.2, 0) is 0 Å². The zero-order chi connectivity index (χ0) is 13.0. The molecule has 0 bridgehead atoms. The van der Waals surface area contributed by atoms with E-state index in [1.165, 1.54) is 12.1 Å². The number of phenolic OH excluding ortho intramolecular Hbond substituents is 1. The van der Waals surface area contributed by atoms with Gasteiger partial charge in [0.15, 0.2) is 0 Å². The van der Waals surface area contributed by atoms with Crippen molar-refractivity contribution in [3.63, 3.8) is 0 Å². The molecule has 1 rings (SSSR count). The molecule has 94 valence electrons. The van der Waals surface area contributed by atoms with E-state index in [4.69, 9.17) is 21.8 Å². The highest BCUT2D eigenvalue weighted by molar-refractivity contribution is 6.33. The Hall–Kier alpha value is -1.40. The summed E-state index contributed by atoms with van der Waals surface area (Å²) >= 11 is 5.69. The van der Waals surface area contributed by atoms with E-state index < -0.39 is 25.0 Å². The second-order valence-electron chi connectivity index (χ2n) is 3.28. The number of halogens is 3. The summed E-state index contributed by atoms with van der Waals surface area (Å²) < 4.78 is 23.9. The zero-order valence-corrected chi connectivity index (χ0v) is 9.29. The van der Waals surface area contributed by atoms with Crippen LogP contribution in [0.3, 0.4) is 0 Å². The predicted molar refractivity (Wildman–Crippen MR) is 57.5 cm³/mol. The summed E-state index contributed by atoms with van der Waals surface area (Å²) in [4.78, 5) is 11.5. The fourth-order valence-electron chi connectivity index (χ4n) is 1.07. The molecule has 0 aliphatic carbocycles. The first kappa shape index (κ1) is 13.7. The minimum absolute atomic E-state index is 0.0480. The Labute approximate surface area is 101 Å². The van der Waals surface area contributed by atoms with Crippen molar-refractivity contribution in [3.8, 4) is 5.75 Å². The van der Waals surface area contributed by atoms with Crippen LogP contribution in [0.5, 0.6) is 5.75 Å². The quantitative estimate of drug-likeness (QED) is 0.771. The summed E-state index contributed by atoms with van der Waals surface area (Å²) in [7, 11) is 0. The number of rotatable bonds is 4. The second kappa shape index (κ2) is 5.79. The molecule has 1 atom stereocenters. The van der Waals surface area contributed by atoms with Gasteiger partial charge in [0.05, 0.1) is 10.6 Å². The molecule has 0 aliphatic rings. The summed E-state index contributed by atoms with van der Waals surface area (Å²) in [5.74, 6) is -0.917. The Balaban J connectivity index is 2.67. The van der Waals surface area contributed by atoms with E-state index in [9.17, 15) is 13.6 Å². The summed E-state index contributed by atoms with van der Waals surface area (Å²) in [6, 6.07) is 3.69.